The summed E-state index contributed by atoms with van der Waals surface area (Å²) in [7, 11) is 0. The Hall–Kier alpha value is -3.02. The zero-order valence-corrected chi connectivity index (χ0v) is 15.3. The zero-order chi connectivity index (χ0) is 18.8. The van der Waals surface area contributed by atoms with Crippen molar-refractivity contribution in [3.05, 3.63) is 53.6 Å². The van der Waals surface area contributed by atoms with Gasteiger partial charge >= 0.3 is 0 Å². The number of aromatic nitrogens is 2. The Morgan fingerprint density at radius 2 is 2.00 bits per heavy atom. The Labute approximate surface area is 158 Å². The summed E-state index contributed by atoms with van der Waals surface area (Å²) < 4.78 is 0. The van der Waals surface area contributed by atoms with E-state index in [0.29, 0.717) is 34.3 Å². The normalized spacial score (nSPS) is 18.6. The van der Waals surface area contributed by atoms with E-state index >= 15 is 0 Å². The van der Waals surface area contributed by atoms with E-state index in [1.54, 1.807) is 36.8 Å². The van der Waals surface area contributed by atoms with Crippen molar-refractivity contribution in [2.45, 2.75) is 45.1 Å². The second-order valence-corrected chi connectivity index (χ2v) is 7.09. The molecule has 0 radical (unpaired) electrons. The highest BCUT2D eigenvalue weighted by Gasteiger charge is 2.30. The van der Waals surface area contributed by atoms with Crippen LogP contribution in [0.2, 0.25) is 0 Å². The average Bonchev–Trinajstić information content (AvgIpc) is 3.02. The topological polar surface area (TPSA) is 84.0 Å². The molecule has 1 fully saturated rings. The maximum absolute atomic E-state index is 12.8. The fourth-order valence-corrected chi connectivity index (χ4v) is 3.79. The van der Waals surface area contributed by atoms with Gasteiger partial charge in [-0.15, -0.1) is 0 Å². The maximum Gasteiger partial charge on any atom is 0.258 e. The smallest absolute Gasteiger partial charge is 0.258 e. The minimum absolute atomic E-state index is 0.0298. The number of Topliss-reactive ketones (excluding diaryl/α,β-unsaturated/α-hetero) is 1. The van der Waals surface area contributed by atoms with E-state index in [-0.39, 0.29) is 11.7 Å². The van der Waals surface area contributed by atoms with Crippen molar-refractivity contribution in [3.8, 4) is 0 Å². The third-order valence-corrected chi connectivity index (χ3v) is 5.19. The van der Waals surface area contributed by atoms with Gasteiger partial charge in [0.15, 0.2) is 5.78 Å². The molecular weight excluding hydrogens is 340 g/mol. The van der Waals surface area contributed by atoms with Crippen LogP contribution < -0.4 is 10.6 Å². The van der Waals surface area contributed by atoms with E-state index in [1.165, 1.54) is 26.2 Å². The molecule has 27 heavy (non-hydrogen) atoms. The number of nitrogens with zero attached hydrogens (tertiary/aromatic N) is 2. The predicted octanol–water partition coefficient (Wildman–Crippen LogP) is 3.42. The number of ketones is 1. The molecule has 1 aromatic heterocycles. The third kappa shape index (κ3) is 3.47. The molecule has 0 saturated heterocycles. The van der Waals surface area contributed by atoms with Gasteiger partial charge in [0.2, 0.25) is 0 Å². The van der Waals surface area contributed by atoms with Gasteiger partial charge in [-0.2, -0.15) is 0 Å². The molecule has 0 bridgehead atoms. The molecule has 1 saturated carbocycles. The predicted molar refractivity (Wildman–Crippen MR) is 104 cm³/mol. The average molecular weight is 362 g/mol. The molecule has 138 valence electrons. The number of hydrogen-bond donors (Lipinski definition) is 2. The second-order valence-electron chi connectivity index (χ2n) is 7.09. The van der Waals surface area contributed by atoms with Crippen LogP contribution >= 0.6 is 0 Å². The maximum atomic E-state index is 12.8. The lowest BCUT2D eigenvalue weighted by molar-refractivity contribution is -0.110. The van der Waals surface area contributed by atoms with E-state index in [1.807, 2.05) is 0 Å². The molecule has 2 heterocycles. The molecule has 1 amide bonds. The molecule has 2 aromatic rings. The molecular formula is C21H22N4O2. The first-order valence-corrected chi connectivity index (χ1v) is 9.37. The fourth-order valence-electron chi connectivity index (χ4n) is 3.79. The van der Waals surface area contributed by atoms with Gasteiger partial charge in [-0.3, -0.25) is 19.6 Å². The number of fused-ring (bicyclic) bond motifs is 1. The van der Waals surface area contributed by atoms with Crippen molar-refractivity contribution >= 4 is 28.6 Å². The van der Waals surface area contributed by atoms with Crippen molar-refractivity contribution in [2.75, 3.05) is 5.32 Å². The van der Waals surface area contributed by atoms with Gasteiger partial charge in [-0.05, 0) is 38.0 Å². The lowest BCUT2D eigenvalue weighted by atomic mass is 9.94. The van der Waals surface area contributed by atoms with Crippen LogP contribution in [0.4, 0.5) is 5.69 Å². The van der Waals surface area contributed by atoms with Gasteiger partial charge in [0.25, 0.3) is 5.91 Å². The van der Waals surface area contributed by atoms with Crippen molar-refractivity contribution < 1.29 is 9.59 Å². The quantitative estimate of drug-likeness (QED) is 0.643. The first-order valence-electron chi connectivity index (χ1n) is 9.37. The molecule has 1 aliphatic heterocycles. The standard InChI is InChI=1S/C21H22N4O2/c1-13(26)14-7-8-17-16(11-14)19(21(27)25-17)20(18-12-22-9-10-23-18)24-15-5-3-2-4-6-15/h7-12,15,24H,2-6H2,1H3,(H,25,27)/b20-19-. The zero-order valence-electron chi connectivity index (χ0n) is 15.3. The molecule has 0 unspecified atom stereocenters. The summed E-state index contributed by atoms with van der Waals surface area (Å²) in [6.07, 6.45) is 10.6. The molecule has 2 aliphatic rings. The van der Waals surface area contributed by atoms with Crippen molar-refractivity contribution in [3.63, 3.8) is 0 Å². The summed E-state index contributed by atoms with van der Waals surface area (Å²) in [6.45, 7) is 1.53. The van der Waals surface area contributed by atoms with Crippen LogP contribution in [0.15, 0.2) is 36.8 Å². The Morgan fingerprint density at radius 3 is 2.70 bits per heavy atom. The van der Waals surface area contributed by atoms with Gasteiger partial charge < -0.3 is 10.6 Å². The van der Waals surface area contributed by atoms with Crippen molar-refractivity contribution in [2.24, 2.45) is 0 Å². The van der Waals surface area contributed by atoms with Crippen LogP contribution in [0.3, 0.4) is 0 Å². The molecule has 4 rings (SSSR count). The number of carbonyl (C=O) groups is 2. The van der Waals surface area contributed by atoms with E-state index in [9.17, 15) is 9.59 Å². The third-order valence-electron chi connectivity index (χ3n) is 5.19. The van der Waals surface area contributed by atoms with Crippen LogP contribution in [0.25, 0.3) is 11.3 Å². The van der Waals surface area contributed by atoms with Gasteiger partial charge in [-0.1, -0.05) is 19.3 Å². The van der Waals surface area contributed by atoms with E-state index in [2.05, 4.69) is 20.6 Å². The summed E-state index contributed by atoms with van der Waals surface area (Å²) in [4.78, 5) is 33.3. The molecule has 6 heteroatoms. The summed E-state index contributed by atoms with van der Waals surface area (Å²) in [5.74, 6) is -0.215. The van der Waals surface area contributed by atoms with Crippen LogP contribution in [-0.4, -0.2) is 27.7 Å². The van der Waals surface area contributed by atoms with Crippen LogP contribution in [0.1, 0.15) is 60.6 Å². The van der Waals surface area contributed by atoms with Gasteiger partial charge in [-0.25, -0.2) is 0 Å². The largest absolute Gasteiger partial charge is 0.380 e. The van der Waals surface area contributed by atoms with Gasteiger partial charge in [0.1, 0.15) is 5.69 Å². The molecule has 1 aromatic carbocycles. The van der Waals surface area contributed by atoms with Crippen LogP contribution in [0, 0.1) is 0 Å². The van der Waals surface area contributed by atoms with Gasteiger partial charge in [0, 0.05) is 35.2 Å². The number of anilines is 1. The van der Waals surface area contributed by atoms with Crippen molar-refractivity contribution in [1.29, 1.82) is 0 Å². The minimum Gasteiger partial charge on any atom is -0.380 e. The number of amides is 1. The summed E-state index contributed by atoms with van der Waals surface area (Å²) in [6, 6.07) is 5.60. The lowest BCUT2D eigenvalue weighted by Crippen LogP contribution is -2.31. The van der Waals surface area contributed by atoms with Gasteiger partial charge in [0.05, 0.1) is 17.5 Å². The SMILES string of the molecule is CC(=O)c1ccc2c(c1)/C(=C(/NC1CCCCC1)c1cnccn1)C(=O)N2. The molecule has 1 aliphatic carbocycles. The molecule has 0 atom stereocenters. The summed E-state index contributed by atoms with van der Waals surface area (Å²) in [5, 5.41) is 6.47. The summed E-state index contributed by atoms with van der Waals surface area (Å²) in [5.41, 5.74) is 3.88. The van der Waals surface area contributed by atoms with Crippen LogP contribution in [0.5, 0.6) is 0 Å². The monoisotopic (exact) mass is 362 g/mol. The second kappa shape index (κ2) is 7.31. The molecule has 6 nitrogen and oxygen atoms in total. The molecule has 2 N–H and O–H groups in total. The van der Waals surface area contributed by atoms with E-state index in [4.69, 9.17) is 0 Å². The number of nitrogens with one attached hydrogen (secondary N) is 2. The lowest BCUT2D eigenvalue weighted by Gasteiger charge is -2.26. The Morgan fingerprint density at radius 1 is 1.19 bits per heavy atom. The Kier molecular flexibility index (Phi) is 4.71. The van der Waals surface area contributed by atoms with E-state index in [0.717, 1.165) is 18.4 Å². The Bertz CT molecular complexity index is 915. The number of hydrogen-bond acceptors (Lipinski definition) is 5. The highest BCUT2D eigenvalue weighted by atomic mass is 16.2. The highest BCUT2D eigenvalue weighted by Crippen LogP contribution is 2.37. The summed E-state index contributed by atoms with van der Waals surface area (Å²) >= 11 is 0. The number of rotatable bonds is 4. The molecule has 0 spiro atoms. The first-order chi connectivity index (χ1) is 13.1. The van der Waals surface area contributed by atoms with Crippen LogP contribution in [-0.2, 0) is 4.79 Å². The number of benzene rings is 1. The van der Waals surface area contributed by atoms with Crippen molar-refractivity contribution in [1.82, 2.24) is 15.3 Å². The fraction of sp³-hybridized carbons (Fsp3) is 0.333. The first kappa shape index (κ1) is 17.4. The van der Waals surface area contributed by atoms with E-state index < -0.39 is 0 Å². The highest BCUT2D eigenvalue weighted by molar-refractivity contribution is 6.36. The minimum atomic E-state index is -0.185. The number of carbonyl (C=O) groups excluding carboxylic acids is 2. The Balaban J connectivity index is 1.85.